The first kappa shape index (κ1) is 11.5. The van der Waals surface area contributed by atoms with Crippen molar-refractivity contribution in [2.45, 2.75) is 18.9 Å². The van der Waals surface area contributed by atoms with Crippen LogP contribution in [-0.4, -0.2) is 72.1 Å². The lowest BCUT2D eigenvalue weighted by Crippen LogP contribution is -2.44. The Balaban J connectivity index is 1.38. The predicted octanol–water partition coefficient (Wildman–Crippen LogP) is 0.158. The van der Waals surface area contributed by atoms with Crippen LogP contribution in [0.15, 0.2) is 0 Å². The van der Waals surface area contributed by atoms with Crippen LogP contribution in [0.3, 0.4) is 0 Å². The molecule has 0 radical (unpaired) electrons. The van der Waals surface area contributed by atoms with Gasteiger partial charge in [-0.15, -0.1) is 0 Å². The summed E-state index contributed by atoms with van der Waals surface area (Å²) in [6, 6.07) is 0.503. The smallest absolute Gasteiger partial charge is 0.328 e. The highest BCUT2D eigenvalue weighted by Gasteiger charge is 2.46. The highest BCUT2D eigenvalue weighted by Crippen LogP contribution is 2.38. The molecule has 6 nitrogen and oxygen atoms in total. The van der Waals surface area contributed by atoms with Crippen LogP contribution in [0.25, 0.3) is 0 Å². The average molecular weight is 264 g/mol. The molecule has 4 aliphatic rings. The van der Waals surface area contributed by atoms with E-state index in [1.807, 2.05) is 4.90 Å². The molecule has 3 heterocycles. The van der Waals surface area contributed by atoms with Gasteiger partial charge in [-0.05, 0) is 24.7 Å². The molecule has 4 fully saturated rings. The Morgan fingerprint density at radius 1 is 1.11 bits per heavy atom. The lowest BCUT2D eigenvalue weighted by atomic mass is 10.0. The van der Waals surface area contributed by atoms with Crippen molar-refractivity contribution >= 4 is 12.1 Å². The number of nitrogens with zero attached hydrogens (tertiary/aromatic N) is 3. The number of imide groups is 1. The van der Waals surface area contributed by atoms with Crippen molar-refractivity contribution in [3.63, 3.8) is 0 Å². The summed E-state index contributed by atoms with van der Waals surface area (Å²) < 4.78 is 0. The molecule has 4 rings (SSSR count). The molecule has 1 N–H and O–H groups in total. The molecule has 19 heavy (non-hydrogen) atoms. The summed E-state index contributed by atoms with van der Waals surface area (Å²) in [6.07, 6.45) is 2.71. The van der Waals surface area contributed by atoms with Gasteiger partial charge in [0.2, 0.25) is 0 Å². The minimum Gasteiger partial charge on any atom is -0.336 e. The van der Waals surface area contributed by atoms with Crippen LogP contribution in [0, 0.1) is 11.8 Å². The van der Waals surface area contributed by atoms with E-state index in [4.69, 9.17) is 0 Å². The van der Waals surface area contributed by atoms with Gasteiger partial charge in [0.25, 0.3) is 0 Å². The van der Waals surface area contributed by atoms with E-state index < -0.39 is 0 Å². The molecule has 0 spiro atoms. The van der Waals surface area contributed by atoms with Gasteiger partial charge in [0.05, 0.1) is 0 Å². The second-order valence-electron chi connectivity index (χ2n) is 6.28. The van der Waals surface area contributed by atoms with E-state index in [1.165, 1.54) is 17.7 Å². The van der Waals surface area contributed by atoms with E-state index in [9.17, 15) is 9.59 Å². The Morgan fingerprint density at radius 3 is 2.32 bits per heavy atom. The van der Waals surface area contributed by atoms with Crippen molar-refractivity contribution < 1.29 is 9.59 Å². The van der Waals surface area contributed by atoms with Gasteiger partial charge in [0.1, 0.15) is 0 Å². The number of nitrogens with one attached hydrogen (secondary N) is 1. The summed E-state index contributed by atoms with van der Waals surface area (Å²) in [5.74, 6) is 1.24. The van der Waals surface area contributed by atoms with Gasteiger partial charge in [-0.3, -0.25) is 4.90 Å². The van der Waals surface area contributed by atoms with Crippen LogP contribution >= 0.6 is 0 Å². The van der Waals surface area contributed by atoms with Gasteiger partial charge in [0.15, 0.2) is 0 Å². The standard InChI is InChI=1S/C13H20N4O2/c18-12-14-3-4-17(12)13(19)16-7-9-5-15(11-1-2-11)6-10(9)8-16/h9-11H,1-8H2,(H,14,18). The molecule has 0 aromatic heterocycles. The number of amides is 4. The van der Waals surface area contributed by atoms with Crippen molar-refractivity contribution in [1.29, 1.82) is 0 Å². The van der Waals surface area contributed by atoms with Crippen molar-refractivity contribution in [1.82, 2.24) is 20.0 Å². The second-order valence-corrected chi connectivity index (χ2v) is 6.28. The van der Waals surface area contributed by atoms with Crippen molar-refractivity contribution in [2.24, 2.45) is 11.8 Å². The number of hydrogen-bond acceptors (Lipinski definition) is 3. The second kappa shape index (κ2) is 4.10. The first-order valence-corrected chi connectivity index (χ1v) is 7.30. The normalized spacial score (nSPS) is 34.8. The molecule has 3 saturated heterocycles. The Hall–Kier alpha value is -1.30. The van der Waals surface area contributed by atoms with E-state index >= 15 is 0 Å². The third-order valence-corrected chi connectivity index (χ3v) is 4.94. The van der Waals surface area contributed by atoms with Crippen LogP contribution in [-0.2, 0) is 0 Å². The fourth-order valence-electron chi connectivity index (χ4n) is 3.75. The molecule has 1 saturated carbocycles. The Kier molecular flexibility index (Phi) is 2.48. The number of carbonyl (C=O) groups excluding carboxylic acids is 2. The summed E-state index contributed by atoms with van der Waals surface area (Å²) >= 11 is 0. The lowest BCUT2D eigenvalue weighted by Gasteiger charge is -2.24. The molecule has 2 unspecified atom stereocenters. The van der Waals surface area contributed by atoms with Gasteiger partial charge in [-0.1, -0.05) is 0 Å². The van der Waals surface area contributed by atoms with Crippen LogP contribution in [0.2, 0.25) is 0 Å². The molecular formula is C13H20N4O2. The molecular weight excluding hydrogens is 244 g/mol. The molecule has 0 aromatic rings. The monoisotopic (exact) mass is 264 g/mol. The fourth-order valence-corrected chi connectivity index (χ4v) is 3.75. The molecule has 0 bridgehead atoms. The highest BCUT2D eigenvalue weighted by molar-refractivity contribution is 5.95. The number of carbonyl (C=O) groups is 2. The molecule has 3 aliphatic heterocycles. The Morgan fingerprint density at radius 2 is 1.79 bits per heavy atom. The van der Waals surface area contributed by atoms with Gasteiger partial charge in [0, 0.05) is 45.3 Å². The SMILES string of the molecule is O=C1NCCN1C(=O)N1CC2CN(C3CC3)CC2C1. The van der Waals surface area contributed by atoms with E-state index in [0.29, 0.717) is 24.9 Å². The minimum absolute atomic E-state index is 0.0950. The van der Waals surface area contributed by atoms with Crippen LogP contribution in [0.5, 0.6) is 0 Å². The number of urea groups is 2. The molecule has 6 heteroatoms. The topological polar surface area (TPSA) is 55.9 Å². The summed E-state index contributed by atoms with van der Waals surface area (Å²) in [5, 5.41) is 2.69. The van der Waals surface area contributed by atoms with Gasteiger partial charge < -0.3 is 10.2 Å². The minimum atomic E-state index is -0.235. The maximum atomic E-state index is 12.3. The summed E-state index contributed by atoms with van der Waals surface area (Å²) in [4.78, 5) is 29.6. The summed E-state index contributed by atoms with van der Waals surface area (Å²) in [6.45, 7) is 5.04. The van der Waals surface area contributed by atoms with Gasteiger partial charge >= 0.3 is 12.1 Å². The average Bonchev–Trinajstić information content (AvgIpc) is 2.84. The maximum Gasteiger partial charge on any atom is 0.328 e. The van der Waals surface area contributed by atoms with E-state index in [0.717, 1.165) is 32.2 Å². The molecule has 4 amide bonds. The lowest BCUT2D eigenvalue weighted by molar-refractivity contribution is 0.166. The van der Waals surface area contributed by atoms with Crippen molar-refractivity contribution in [3.05, 3.63) is 0 Å². The summed E-state index contributed by atoms with van der Waals surface area (Å²) in [5.41, 5.74) is 0. The Bertz CT molecular complexity index is 409. The zero-order valence-corrected chi connectivity index (χ0v) is 11.0. The van der Waals surface area contributed by atoms with Crippen LogP contribution < -0.4 is 5.32 Å². The first-order chi connectivity index (χ1) is 9.22. The molecule has 2 atom stereocenters. The molecule has 104 valence electrons. The number of likely N-dealkylation sites (tertiary alicyclic amines) is 2. The third kappa shape index (κ3) is 1.89. The number of hydrogen-bond donors (Lipinski definition) is 1. The van der Waals surface area contributed by atoms with Crippen LogP contribution in [0.4, 0.5) is 9.59 Å². The summed E-state index contributed by atoms with van der Waals surface area (Å²) in [7, 11) is 0. The third-order valence-electron chi connectivity index (χ3n) is 4.94. The zero-order chi connectivity index (χ0) is 13.0. The van der Waals surface area contributed by atoms with Gasteiger partial charge in [-0.25, -0.2) is 14.5 Å². The molecule has 1 aliphatic carbocycles. The molecule has 0 aromatic carbocycles. The van der Waals surface area contributed by atoms with E-state index in [-0.39, 0.29) is 12.1 Å². The zero-order valence-electron chi connectivity index (χ0n) is 11.0. The largest absolute Gasteiger partial charge is 0.336 e. The van der Waals surface area contributed by atoms with E-state index in [1.54, 1.807) is 0 Å². The van der Waals surface area contributed by atoms with Crippen molar-refractivity contribution in [2.75, 3.05) is 39.3 Å². The predicted molar refractivity (Wildman–Crippen MR) is 68.6 cm³/mol. The Labute approximate surface area is 112 Å². The van der Waals surface area contributed by atoms with Gasteiger partial charge in [-0.2, -0.15) is 0 Å². The maximum absolute atomic E-state index is 12.3. The highest BCUT2D eigenvalue weighted by atomic mass is 16.2. The number of rotatable bonds is 1. The van der Waals surface area contributed by atoms with E-state index in [2.05, 4.69) is 10.2 Å². The van der Waals surface area contributed by atoms with Crippen LogP contribution in [0.1, 0.15) is 12.8 Å². The quantitative estimate of drug-likeness (QED) is 0.734. The fraction of sp³-hybridized carbons (Fsp3) is 0.846. The van der Waals surface area contributed by atoms with Crippen molar-refractivity contribution in [3.8, 4) is 0 Å². The first-order valence-electron chi connectivity index (χ1n) is 7.30. The number of fused-ring (bicyclic) bond motifs is 1.